The van der Waals surface area contributed by atoms with E-state index in [2.05, 4.69) is 40.7 Å². The van der Waals surface area contributed by atoms with Crippen LogP contribution in [0.2, 0.25) is 0 Å². The van der Waals surface area contributed by atoms with Crippen LogP contribution in [0.1, 0.15) is 90.4 Å². The Bertz CT molecular complexity index is 241. The summed E-state index contributed by atoms with van der Waals surface area (Å²) in [5, 5.41) is 8.47. The van der Waals surface area contributed by atoms with E-state index in [1.54, 1.807) is 0 Å². The summed E-state index contributed by atoms with van der Waals surface area (Å²) in [4.78, 5) is 0. The van der Waals surface area contributed by atoms with Crippen molar-refractivity contribution in [3.8, 4) is 5.40 Å². The van der Waals surface area contributed by atoms with E-state index in [0.29, 0.717) is 0 Å². The van der Waals surface area contributed by atoms with Gasteiger partial charge in [-0.25, -0.2) is 5.26 Å². The Morgan fingerprint density at radius 3 is 1.23 bits per heavy atom. The number of quaternary nitrogens is 1. The summed E-state index contributed by atoms with van der Waals surface area (Å²) < 4.78 is 1.12. The normalized spacial score (nSPS) is 10.7. The molecule has 2 nitrogen and oxygen atoms in total. The Labute approximate surface area is 146 Å². The molecule has 3 heteroatoms. The highest BCUT2D eigenvalue weighted by molar-refractivity contribution is 7.64. The van der Waals surface area contributed by atoms with Crippen LogP contribution in [0.5, 0.6) is 0 Å². The summed E-state index contributed by atoms with van der Waals surface area (Å²) in [5.41, 5.74) is 0. The molecule has 0 atom stereocenters. The third-order valence-corrected chi connectivity index (χ3v) is 3.93. The van der Waals surface area contributed by atoms with Crippen molar-refractivity contribution in [2.75, 3.05) is 27.7 Å². The Hall–Kier alpha value is -0.330. The highest BCUT2D eigenvalue weighted by Gasteiger charge is 2.04. The highest BCUT2D eigenvalue weighted by Crippen LogP contribution is 2.12. The molecule has 0 amide bonds. The zero-order chi connectivity index (χ0) is 17.1. The number of nitrogens with zero attached hydrogens (tertiary/aromatic N) is 2. The molecule has 0 aliphatic carbocycles. The lowest BCUT2D eigenvalue weighted by molar-refractivity contribution is -0.870. The highest BCUT2D eigenvalue weighted by atomic mass is 32.1. The second kappa shape index (κ2) is 18.7. The van der Waals surface area contributed by atoms with Gasteiger partial charge in [0.25, 0.3) is 0 Å². The minimum atomic E-state index is 1.12. The van der Waals surface area contributed by atoms with Gasteiger partial charge in [0.05, 0.1) is 27.7 Å². The molecule has 132 valence electrons. The minimum Gasteiger partial charge on any atom is -0.696 e. The second-order valence-electron chi connectivity index (χ2n) is 7.35. The summed E-state index contributed by atoms with van der Waals surface area (Å²) in [7, 11) is 6.88. The maximum Gasteiger partial charge on any atom is 0.0780 e. The van der Waals surface area contributed by atoms with Crippen LogP contribution in [-0.2, 0) is 12.6 Å². The Balaban J connectivity index is 0. The number of nitriles is 1. The van der Waals surface area contributed by atoms with E-state index in [1.165, 1.54) is 95.4 Å². The molecule has 0 spiro atoms. The van der Waals surface area contributed by atoms with Crippen LogP contribution < -0.4 is 0 Å². The fourth-order valence-electron chi connectivity index (χ4n) is 2.60. The first-order valence-electron chi connectivity index (χ1n) is 9.29. The topological polar surface area (TPSA) is 23.8 Å². The first-order valence-corrected chi connectivity index (χ1v) is 9.70. The molecule has 0 radical (unpaired) electrons. The van der Waals surface area contributed by atoms with E-state index >= 15 is 0 Å². The summed E-state index contributed by atoms with van der Waals surface area (Å²) in [6, 6.07) is 0. The van der Waals surface area contributed by atoms with Crippen LogP contribution in [0.15, 0.2) is 0 Å². The van der Waals surface area contributed by atoms with Crippen LogP contribution in [0.25, 0.3) is 0 Å². The summed E-state index contributed by atoms with van der Waals surface area (Å²) in [5.74, 6) is 0. The molecule has 0 fully saturated rings. The first-order chi connectivity index (χ1) is 10.5. The third kappa shape index (κ3) is 27.9. The summed E-state index contributed by atoms with van der Waals surface area (Å²) in [6.07, 6.45) is 18.9. The van der Waals surface area contributed by atoms with Gasteiger partial charge in [-0.05, 0) is 12.8 Å². The van der Waals surface area contributed by atoms with E-state index in [0.717, 1.165) is 4.48 Å². The molecule has 0 rings (SSSR count). The van der Waals surface area contributed by atoms with Gasteiger partial charge >= 0.3 is 0 Å². The van der Waals surface area contributed by atoms with E-state index in [4.69, 9.17) is 5.26 Å². The lowest BCUT2D eigenvalue weighted by Crippen LogP contribution is -2.35. The molecule has 22 heavy (non-hydrogen) atoms. The largest absolute Gasteiger partial charge is 0.696 e. The molecule has 0 aromatic rings. The van der Waals surface area contributed by atoms with Gasteiger partial charge in [-0.3, -0.25) is 0 Å². The van der Waals surface area contributed by atoms with E-state index in [9.17, 15) is 0 Å². The fourth-order valence-corrected chi connectivity index (χ4v) is 2.60. The average molecular weight is 329 g/mol. The van der Waals surface area contributed by atoms with Gasteiger partial charge in [-0.15, -0.1) is 0 Å². The second-order valence-corrected chi connectivity index (χ2v) is 7.53. The lowest BCUT2D eigenvalue weighted by atomic mass is 10.0. The van der Waals surface area contributed by atoms with Crippen molar-refractivity contribution in [2.45, 2.75) is 90.4 Å². The molecular weight excluding hydrogens is 288 g/mol. The van der Waals surface area contributed by atoms with Crippen LogP contribution in [0, 0.1) is 10.7 Å². The van der Waals surface area contributed by atoms with Gasteiger partial charge in [0.2, 0.25) is 0 Å². The van der Waals surface area contributed by atoms with E-state index < -0.39 is 0 Å². The van der Waals surface area contributed by atoms with Crippen molar-refractivity contribution in [3.05, 3.63) is 0 Å². The number of hydrogen-bond acceptors (Lipinski definition) is 2. The predicted octanol–water partition coefficient (Wildman–Crippen LogP) is 5.80. The maximum atomic E-state index is 7.13. The molecule has 0 aromatic heterocycles. The van der Waals surface area contributed by atoms with E-state index in [-0.39, 0.29) is 0 Å². The average Bonchev–Trinajstić information content (AvgIpc) is 2.43. The molecule has 0 aromatic carbocycles. The van der Waals surface area contributed by atoms with Crippen LogP contribution in [0.3, 0.4) is 0 Å². The summed E-state index contributed by atoms with van der Waals surface area (Å²) in [6.45, 7) is 3.62. The van der Waals surface area contributed by atoms with Crippen LogP contribution in [-0.4, -0.2) is 32.2 Å². The standard InChI is InChI=1S/C18H40N.CHNS/c1-5-6-7-8-9-10-11-12-13-14-15-16-17-18-19(2,3)4;2-1-3/h5-18H2,1-4H3;3H/q+1;/p-1. The molecule has 0 unspecified atom stereocenters. The molecule has 0 saturated carbocycles. The Kier molecular flexibility index (Phi) is 20.4. The quantitative estimate of drug-likeness (QED) is 0.174. The minimum absolute atomic E-state index is 1.12. The maximum absolute atomic E-state index is 7.13. The van der Waals surface area contributed by atoms with Gasteiger partial charge in [0, 0.05) is 0 Å². The molecule has 0 aliphatic heterocycles. The smallest absolute Gasteiger partial charge is 0.0780 e. The number of unbranched alkanes of at least 4 members (excludes halogenated alkanes) is 12. The zero-order valence-corrected chi connectivity index (χ0v) is 16.5. The van der Waals surface area contributed by atoms with E-state index in [1.807, 2.05) is 0 Å². The fraction of sp³-hybridized carbons (Fsp3) is 0.947. The Morgan fingerprint density at radius 1 is 0.682 bits per heavy atom. The zero-order valence-electron chi connectivity index (χ0n) is 15.7. The number of thiocyanates is 1. The third-order valence-electron chi connectivity index (χ3n) is 3.93. The first kappa shape index (κ1) is 23.9. The van der Waals surface area contributed by atoms with Crippen molar-refractivity contribution in [1.29, 1.82) is 5.26 Å². The predicted molar refractivity (Wildman–Crippen MR) is 102 cm³/mol. The Morgan fingerprint density at radius 2 is 0.955 bits per heavy atom. The lowest BCUT2D eigenvalue weighted by Gasteiger charge is -2.23. The molecule has 0 bridgehead atoms. The number of rotatable bonds is 14. The van der Waals surface area contributed by atoms with Crippen molar-refractivity contribution in [1.82, 2.24) is 0 Å². The summed E-state index contributed by atoms with van der Waals surface area (Å²) >= 11 is 3.70. The van der Waals surface area contributed by atoms with Crippen LogP contribution in [0.4, 0.5) is 0 Å². The molecule has 0 N–H and O–H groups in total. The van der Waals surface area contributed by atoms with Crippen molar-refractivity contribution < 1.29 is 4.48 Å². The van der Waals surface area contributed by atoms with Gasteiger partial charge in [-0.2, -0.15) is 0 Å². The van der Waals surface area contributed by atoms with Gasteiger partial charge < -0.3 is 17.1 Å². The van der Waals surface area contributed by atoms with Crippen molar-refractivity contribution in [2.24, 2.45) is 0 Å². The SMILES string of the molecule is CCCCCCCCCCCCCCC[N+](C)(C)C.N#C[S-]. The molecule has 0 saturated heterocycles. The monoisotopic (exact) mass is 328 g/mol. The molecular formula is C19H40N2S. The van der Waals surface area contributed by atoms with Crippen LogP contribution >= 0.6 is 0 Å². The van der Waals surface area contributed by atoms with Gasteiger partial charge in [0.1, 0.15) is 0 Å². The molecule has 0 heterocycles. The van der Waals surface area contributed by atoms with Crippen molar-refractivity contribution >= 4 is 12.6 Å². The van der Waals surface area contributed by atoms with Gasteiger partial charge in [-0.1, -0.05) is 83.0 Å². The van der Waals surface area contributed by atoms with Crippen molar-refractivity contribution in [3.63, 3.8) is 0 Å². The molecule has 0 aliphatic rings. The number of hydrogen-bond donors (Lipinski definition) is 0. The van der Waals surface area contributed by atoms with Gasteiger partial charge in [0.15, 0.2) is 0 Å².